The van der Waals surface area contributed by atoms with Crippen LogP contribution in [0.25, 0.3) is 0 Å². The zero-order valence-electron chi connectivity index (χ0n) is 25.4. The Morgan fingerprint density at radius 2 is 1.67 bits per heavy atom. The van der Waals surface area contributed by atoms with Gasteiger partial charge < -0.3 is 34.3 Å². The Labute approximate surface area is 282 Å². The fourth-order valence-electron chi connectivity index (χ4n) is 4.42. The van der Waals surface area contributed by atoms with Gasteiger partial charge in [0.2, 0.25) is 0 Å². The van der Waals surface area contributed by atoms with Crippen molar-refractivity contribution < 1.29 is 38.1 Å². The van der Waals surface area contributed by atoms with Gasteiger partial charge in [-0.25, -0.2) is 15.0 Å². The Bertz CT molecular complexity index is 1660. The summed E-state index contributed by atoms with van der Waals surface area (Å²) in [6, 6.07) is 14.9. The number of hydrazone groups is 1. The van der Waals surface area contributed by atoms with Gasteiger partial charge in [-0.2, -0.15) is 5.10 Å². The number of urea groups is 1. The minimum atomic E-state index is -0.779. The molecule has 3 amide bonds. The first kappa shape index (κ1) is 34.3. The molecule has 0 bridgehead atoms. The standard InChI is InChI=1S/C32H32Br2N4O8/c1-5-44-31(40)29-18(2)36-32(41)37-30(29)20-8-11-24(25(12-20)42-3)46-17-28(39)38-35-15-21-13-26(43-4)27(14-23(21)34)45-16-19-6-9-22(33)10-7-19/h6-15,30H,5,16-17H2,1-4H3,(H,38,39)(H2,36,37,41)/b35-15-/t30-/m1/s1. The third kappa shape index (κ3) is 8.79. The summed E-state index contributed by atoms with van der Waals surface area (Å²) in [4.78, 5) is 37.3. The van der Waals surface area contributed by atoms with Crippen LogP contribution in [0.2, 0.25) is 0 Å². The summed E-state index contributed by atoms with van der Waals surface area (Å²) < 4.78 is 29.4. The molecule has 0 aliphatic carbocycles. The minimum absolute atomic E-state index is 0.180. The van der Waals surface area contributed by atoms with Crippen LogP contribution >= 0.6 is 31.9 Å². The molecular formula is C32H32Br2N4O8. The average molecular weight is 760 g/mol. The van der Waals surface area contributed by atoms with Crippen molar-refractivity contribution >= 4 is 56.0 Å². The van der Waals surface area contributed by atoms with E-state index in [1.807, 2.05) is 24.3 Å². The van der Waals surface area contributed by atoms with Gasteiger partial charge in [0.15, 0.2) is 29.6 Å². The number of methoxy groups -OCH3 is 2. The lowest BCUT2D eigenvalue weighted by Crippen LogP contribution is -2.45. The van der Waals surface area contributed by atoms with Crippen molar-refractivity contribution in [2.45, 2.75) is 26.5 Å². The van der Waals surface area contributed by atoms with Crippen LogP contribution in [0.1, 0.15) is 36.6 Å². The Hall–Kier alpha value is -4.56. The number of halogens is 2. The lowest BCUT2D eigenvalue weighted by Gasteiger charge is -2.28. The molecule has 0 radical (unpaired) electrons. The highest BCUT2D eigenvalue weighted by Crippen LogP contribution is 2.35. The Balaban J connectivity index is 1.37. The molecule has 0 saturated carbocycles. The van der Waals surface area contributed by atoms with E-state index in [0.29, 0.717) is 45.2 Å². The molecule has 1 heterocycles. The zero-order valence-corrected chi connectivity index (χ0v) is 28.6. The van der Waals surface area contributed by atoms with Gasteiger partial charge in [0.25, 0.3) is 5.91 Å². The first-order valence-electron chi connectivity index (χ1n) is 14.0. The third-order valence-electron chi connectivity index (χ3n) is 6.63. The number of hydrogen-bond acceptors (Lipinski definition) is 9. The number of rotatable bonds is 13. The fraction of sp³-hybridized carbons (Fsp3) is 0.250. The highest BCUT2D eigenvalue weighted by Gasteiger charge is 2.32. The molecule has 14 heteroatoms. The maximum atomic E-state index is 12.6. The third-order valence-corrected chi connectivity index (χ3v) is 7.84. The van der Waals surface area contributed by atoms with Crippen molar-refractivity contribution in [2.24, 2.45) is 5.10 Å². The van der Waals surface area contributed by atoms with E-state index in [4.69, 9.17) is 23.7 Å². The quantitative estimate of drug-likeness (QED) is 0.117. The molecule has 46 heavy (non-hydrogen) atoms. The van der Waals surface area contributed by atoms with Crippen LogP contribution in [-0.4, -0.2) is 51.6 Å². The lowest BCUT2D eigenvalue weighted by atomic mass is 9.95. The first-order valence-corrected chi connectivity index (χ1v) is 15.5. The van der Waals surface area contributed by atoms with E-state index in [9.17, 15) is 14.4 Å². The molecule has 0 spiro atoms. The molecule has 0 fully saturated rings. The van der Waals surface area contributed by atoms with Crippen molar-refractivity contribution in [1.29, 1.82) is 0 Å². The van der Waals surface area contributed by atoms with Crippen LogP contribution < -0.4 is 35.0 Å². The summed E-state index contributed by atoms with van der Waals surface area (Å²) in [7, 11) is 2.98. The number of amides is 3. The molecule has 1 aliphatic heterocycles. The van der Waals surface area contributed by atoms with Gasteiger partial charge in [0.05, 0.1) is 38.7 Å². The van der Waals surface area contributed by atoms with Gasteiger partial charge in [0.1, 0.15) is 6.61 Å². The predicted molar refractivity (Wildman–Crippen MR) is 177 cm³/mol. The second-order valence-corrected chi connectivity index (χ2v) is 11.5. The van der Waals surface area contributed by atoms with E-state index < -0.39 is 23.9 Å². The molecule has 0 aromatic heterocycles. The Morgan fingerprint density at radius 1 is 0.957 bits per heavy atom. The van der Waals surface area contributed by atoms with Crippen molar-refractivity contribution in [2.75, 3.05) is 27.4 Å². The number of allylic oxidation sites excluding steroid dienone is 1. The lowest BCUT2D eigenvalue weighted by molar-refractivity contribution is -0.139. The second-order valence-electron chi connectivity index (χ2n) is 9.72. The molecule has 3 aromatic rings. The summed E-state index contributed by atoms with van der Waals surface area (Å²) in [5, 5.41) is 9.36. The highest BCUT2D eigenvalue weighted by atomic mass is 79.9. The highest BCUT2D eigenvalue weighted by molar-refractivity contribution is 9.10. The second kappa shape index (κ2) is 16.1. The summed E-state index contributed by atoms with van der Waals surface area (Å²) in [6.07, 6.45) is 1.46. The number of ether oxygens (including phenoxy) is 5. The van der Waals surface area contributed by atoms with E-state index in [2.05, 4.69) is 53.0 Å². The average Bonchev–Trinajstić information content (AvgIpc) is 3.03. The zero-order chi connectivity index (χ0) is 33.2. The number of carbonyl (C=O) groups is 3. The van der Waals surface area contributed by atoms with E-state index >= 15 is 0 Å². The van der Waals surface area contributed by atoms with E-state index in [0.717, 1.165) is 10.0 Å². The molecule has 3 aromatic carbocycles. The van der Waals surface area contributed by atoms with Gasteiger partial charge in [-0.1, -0.05) is 34.1 Å². The van der Waals surface area contributed by atoms with Crippen LogP contribution in [-0.2, 0) is 20.9 Å². The molecule has 0 unspecified atom stereocenters. The number of hydrogen-bond donors (Lipinski definition) is 3. The van der Waals surface area contributed by atoms with Crippen LogP contribution in [0.4, 0.5) is 4.79 Å². The molecule has 1 atom stereocenters. The van der Waals surface area contributed by atoms with Crippen molar-refractivity contribution in [3.63, 3.8) is 0 Å². The number of esters is 1. The monoisotopic (exact) mass is 758 g/mol. The van der Waals surface area contributed by atoms with Gasteiger partial charge >= 0.3 is 12.0 Å². The Kier molecular flexibility index (Phi) is 12.0. The van der Waals surface area contributed by atoms with E-state index in [-0.39, 0.29) is 24.5 Å². The summed E-state index contributed by atoms with van der Waals surface area (Å²) in [5.41, 5.74) is 5.27. The first-order chi connectivity index (χ1) is 22.1. The number of carbonyl (C=O) groups excluding carboxylic acids is 3. The number of benzene rings is 3. The molecule has 242 valence electrons. The van der Waals surface area contributed by atoms with Gasteiger partial charge in [-0.3, -0.25) is 4.79 Å². The Morgan fingerprint density at radius 3 is 2.37 bits per heavy atom. The predicted octanol–water partition coefficient (Wildman–Crippen LogP) is 5.53. The van der Waals surface area contributed by atoms with Gasteiger partial charge in [-0.05, 0) is 77.3 Å². The maximum Gasteiger partial charge on any atom is 0.338 e. The summed E-state index contributed by atoms with van der Waals surface area (Å²) >= 11 is 6.93. The van der Waals surface area contributed by atoms with Gasteiger partial charge in [0, 0.05) is 20.2 Å². The summed E-state index contributed by atoms with van der Waals surface area (Å²) in [6.45, 7) is 3.49. The van der Waals surface area contributed by atoms with Crippen LogP contribution in [0.5, 0.6) is 23.0 Å². The van der Waals surface area contributed by atoms with Gasteiger partial charge in [-0.15, -0.1) is 0 Å². The summed E-state index contributed by atoms with van der Waals surface area (Å²) in [5.74, 6) is 0.527. The van der Waals surface area contributed by atoms with E-state index in [1.54, 1.807) is 44.2 Å². The topological polar surface area (TPSA) is 146 Å². The normalized spacial score (nSPS) is 14.3. The SMILES string of the molecule is CCOC(=O)C1=C(C)NC(=O)N[C@@H]1c1ccc(OCC(=O)N/N=C\c2cc(OC)c(OCc3ccc(Br)cc3)cc2Br)c(OC)c1. The molecule has 12 nitrogen and oxygen atoms in total. The molecule has 3 N–H and O–H groups in total. The van der Waals surface area contributed by atoms with Crippen molar-refractivity contribution in [3.8, 4) is 23.0 Å². The molecule has 4 rings (SSSR count). The molecular weight excluding hydrogens is 728 g/mol. The largest absolute Gasteiger partial charge is 0.493 e. The number of nitrogens with one attached hydrogen (secondary N) is 3. The fourth-order valence-corrected chi connectivity index (χ4v) is 5.11. The van der Waals surface area contributed by atoms with Crippen LogP contribution in [0, 0.1) is 0 Å². The molecule has 0 saturated heterocycles. The smallest absolute Gasteiger partial charge is 0.338 e. The van der Waals surface area contributed by atoms with E-state index in [1.165, 1.54) is 20.4 Å². The molecule has 1 aliphatic rings. The minimum Gasteiger partial charge on any atom is -0.493 e. The maximum absolute atomic E-state index is 12.6. The van der Waals surface area contributed by atoms with Crippen LogP contribution in [0.15, 0.2) is 79.9 Å². The van der Waals surface area contributed by atoms with Crippen molar-refractivity contribution in [3.05, 3.63) is 91.5 Å². The van der Waals surface area contributed by atoms with Crippen molar-refractivity contribution in [1.82, 2.24) is 16.1 Å². The number of nitrogens with zero attached hydrogens (tertiary/aromatic N) is 1. The van der Waals surface area contributed by atoms with Crippen LogP contribution in [0.3, 0.4) is 0 Å².